The van der Waals surface area contributed by atoms with E-state index in [1.165, 1.54) is 0 Å². The Hall–Kier alpha value is -2.38. The average Bonchev–Trinajstić information content (AvgIpc) is 2.53. The van der Waals surface area contributed by atoms with Gasteiger partial charge in [-0.3, -0.25) is 4.98 Å². The van der Waals surface area contributed by atoms with Crippen molar-refractivity contribution >= 4 is 0 Å². The minimum absolute atomic E-state index is 0.205. The maximum Gasteiger partial charge on any atom is 0.136 e. The van der Waals surface area contributed by atoms with Crippen molar-refractivity contribution in [3.05, 3.63) is 59.4 Å². The Kier molecular flexibility index (Phi) is 4.70. The maximum absolute atomic E-state index is 9.07. The van der Waals surface area contributed by atoms with Crippen LogP contribution in [0.2, 0.25) is 0 Å². The fourth-order valence-corrected chi connectivity index (χ4v) is 1.97. The first kappa shape index (κ1) is 14.0. The molecule has 0 amide bonds. The smallest absolute Gasteiger partial charge is 0.136 e. The van der Waals surface area contributed by atoms with Crippen molar-refractivity contribution in [3.63, 3.8) is 0 Å². The highest BCUT2D eigenvalue weighted by molar-refractivity contribution is 5.45. The number of nitriles is 1. The molecule has 0 saturated heterocycles. The molecule has 1 atom stereocenters. The van der Waals surface area contributed by atoms with E-state index in [1.807, 2.05) is 36.5 Å². The van der Waals surface area contributed by atoms with Gasteiger partial charge in [0.15, 0.2) is 0 Å². The van der Waals surface area contributed by atoms with E-state index >= 15 is 0 Å². The first-order valence-electron chi connectivity index (χ1n) is 6.45. The zero-order valence-corrected chi connectivity index (χ0v) is 11.6. The molecule has 0 aliphatic heterocycles. The van der Waals surface area contributed by atoms with Gasteiger partial charge in [0.25, 0.3) is 0 Å². The molecule has 0 unspecified atom stereocenters. The SMILES string of the molecule is COc1ccc(CN[C@H](C)c2cccnc2)cc1C#N. The van der Waals surface area contributed by atoms with Gasteiger partial charge in [-0.1, -0.05) is 12.1 Å². The minimum Gasteiger partial charge on any atom is -0.495 e. The molecule has 2 aromatic rings. The molecule has 0 saturated carbocycles. The van der Waals surface area contributed by atoms with Crippen LogP contribution in [0.1, 0.15) is 29.7 Å². The van der Waals surface area contributed by atoms with Crippen molar-refractivity contribution in [3.8, 4) is 11.8 Å². The van der Waals surface area contributed by atoms with Gasteiger partial charge in [-0.25, -0.2) is 0 Å². The van der Waals surface area contributed by atoms with E-state index in [-0.39, 0.29) is 6.04 Å². The topological polar surface area (TPSA) is 57.9 Å². The first-order valence-corrected chi connectivity index (χ1v) is 6.45. The van der Waals surface area contributed by atoms with Crippen molar-refractivity contribution in [2.24, 2.45) is 0 Å². The molecule has 4 nitrogen and oxygen atoms in total. The first-order chi connectivity index (χ1) is 9.74. The molecule has 1 N–H and O–H groups in total. The van der Waals surface area contributed by atoms with Crippen LogP contribution in [0, 0.1) is 11.3 Å². The molecule has 0 aliphatic rings. The van der Waals surface area contributed by atoms with Crippen molar-refractivity contribution in [2.45, 2.75) is 19.5 Å². The van der Waals surface area contributed by atoms with Gasteiger partial charge in [-0.15, -0.1) is 0 Å². The van der Waals surface area contributed by atoms with Gasteiger partial charge in [0.1, 0.15) is 11.8 Å². The Morgan fingerprint density at radius 2 is 2.25 bits per heavy atom. The van der Waals surface area contributed by atoms with E-state index in [2.05, 4.69) is 23.3 Å². The van der Waals surface area contributed by atoms with Gasteiger partial charge in [-0.05, 0) is 36.2 Å². The Bertz CT molecular complexity index is 605. The van der Waals surface area contributed by atoms with Gasteiger partial charge < -0.3 is 10.1 Å². The number of pyridine rings is 1. The summed E-state index contributed by atoms with van der Waals surface area (Å²) in [7, 11) is 1.57. The van der Waals surface area contributed by atoms with Crippen LogP contribution in [-0.2, 0) is 6.54 Å². The maximum atomic E-state index is 9.07. The largest absolute Gasteiger partial charge is 0.495 e. The number of aromatic nitrogens is 1. The monoisotopic (exact) mass is 267 g/mol. The summed E-state index contributed by atoms with van der Waals surface area (Å²) < 4.78 is 5.13. The molecule has 0 radical (unpaired) electrons. The molecule has 1 aromatic heterocycles. The van der Waals surface area contributed by atoms with Crippen LogP contribution in [0.25, 0.3) is 0 Å². The molecule has 0 bridgehead atoms. The number of nitrogens with zero attached hydrogens (tertiary/aromatic N) is 2. The lowest BCUT2D eigenvalue weighted by Gasteiger charge is -2.14. The van der Waals surface area contributed by atoms with E-state index in [4.69, 9.17) is 10.00 Å². The second kappa shape index (κ2) is 6.69. The number of benzene rings is 1. The summed E-state index contributed by atoms with van der Waals surface area (Å²) in [5, 5.41) is 12.5. The molecule has 1 heterocycles. The molecular weight excluding hydrogens is 250 g/mol. The summed E-state index contributed by atoms with van der Waals surface area (Å²) in [5.74, 6) is 0.608. The lowest BCUT2D eigenvalue weighted by molar-refractivity contribution is 0.413. The van der Waals surface area contributed by atoms with Gasteiger partial charge in [0.2, 0.25) is 0 Å². The highest BCUT2D eigenvalue weighted by Gasteiger charge is 2.07. The van der Waals surface area contributed by atoms with Crippen LogP contribution in [-0.4, -0.2) is 12.1 Å². The van der Waals surface area contributed by atoms with Crippen molar-refractivity contribution in [1.29, 1.82) is 5.26 Å². The highest BCUT2D eigenvalue weighted by atomic mass is 16.5. The lowest BCUT2D eigenvalue weighted by Crippen LogP contribution is -2.18. The summed E-state index contributed by atoms with van der Waals surface area (Å²) in [6.45, 7) is 2.78. The molecule has 0 fully saturated rings. The van der Waals surface area contributed by atoms with Crippen LogP contribution >= 0.6 is 0 Å². The fraction of sp³-hybridized carbons (Fsp3) is 0.250. The number of ether oxygens (including phenoxy) is 1. The third-order valence-corrected chi connectivity index (χ3v) is 3.18. The standard InChI is InChI=1S/C16H17N3O/c1-12(14-4-3-7-18-11-14)19-10-13-5-6-16(20-2)15(8-13)9-17/h3-8,11-12,19H,10H2,1-2H3/t12-/m1/s1. The fourth-order valence-electron chi connectivity index (χ4n) is 1.97. The Balaban J connectivity index is 2.03. The zero-order valence-electron chi connectivity index (χ0n) is 11.6. The summed E-state index contributed by atoms with van der Waals surface area (Å²) in [4.78, 5) is 4.11. The van der Waals surface area contributed by atoms with E-state index in [0.29, 0.717) is 17.9 Å². The van der Waals surface area contributed by atoms with Crippen LogP contribution in [0.4, 0.5) is 0 Å². The lowest BCUT2D eigenvalue weighted by atomic mass is 10.1. The normalized spacial score (nSPS) is 11.7. The van der Waals surface area contributed by atoms with Gasteiger partial charge in [0, 0.05) is 25.0 Å². The molecule has 4 heteroatoms. The summed E-state index contributed by atoms with van der Waals surface area (Å²) in [6, 6.07) is 11.9. The minimum atomic E-state index is 0.205. The Labute approximate surface area is 119 Å². The molecule has 0 aliphatic carbocycles. The van der Waals surface area contributed by atoms with Crippen molar-refractivity contribution < 1.29 is 4.74 Å². The second-order valence-electron chi connectivity index (χ2n) is 4.54. The third-order valence-electron chi connectivity index (χ3n) is 3.18. The number of rotatable bonds is 5. The van der Waals surface area contributed by atoms with Gasteiger partial charge >= 0.3 is 0 Å². The Morgan fingerprint density at radius 3 is 2.90 bits per heavy atom. The van der Waals surface area contributed by atoms with Crippen LogP contribution < -0.4 is 10.1 Å². The number of nitrogens with one attached hydrogen (secondary N) is 1. The van der Waals surface area contributed by atoms with Crippen LogP contribution in [0.3, 0.4) is 0 Å². The molecule has 20 heavy (non-hydrogen) atoms. The predicted octanol–water partition coefficient (Wildman–Crippen LogP) is 2.81. The molecular formula is C16H17N3O. The quantitative estimate of drug-likeness (QED) is 0.905. The van der Waals surface area contributed by atoms with E-state index in [1.54, 1.807) is 13.3 Å². The van der Waals surface area contributed by atoms with Crippen molar-refractivity contribution in [2.75, 3.05) is 7.11 Å². The predicted molar refractivity (Wildman–Crippen MR) is 77.2 cm³/mol. The average molecular weight is 267 g/mol. The van der Waals surface area contributed by atoms with E-state index in [0.717, 1.165) is 11.1 Å². The van der Waals surface area contributed by atoms with E-state index in [9.17, 15) is 0 Å². The van der Waals surface area contributed by atoms with E-state index < -0.39 is 0 Å². The summed E-state index contributed by atoms with van der Waals surface area (Å²) in [6.07, 6.45) is 3.62. The molecule has 102 valence electrons. The van der Waals surface area contributed by atoms with Gasteiger partial charge in [-0.2, -0.15) is 5.26 Å². The van der Waals surface area contributed by atoms with Crippen LogP contribution in [0.15, 0.2) is 42.7 Å². The van der Waals surface area contributed by atoms with Crippen LogP contribution in [0.5, 0.6) is 5.75 Å². The summed E-state index contributed by atoms with van der Waals surface area (Å²) >= 11 is 0. The van der Waals surface area contributed by atoms with Crippen molar-refractivity contribution in [1.82, 2.24) is 10.3 Å². The third kappa shape index (κ3) is 3.34. The van der Waals surface area contributed by atoms with Gasteiger partial charge in [0.05, 0.1) is 12.7 Å². The molecule has 2 rings (SSSR count). The number of methoxy groups -OCH3 is 1. The second-order valence-corrected chi connectivity index (χ2v) is 4.54. The zero-order chi connectivity index (χ0) is 14.4. The number of hydrogen-bond donors (Lipinski definition) is 1. The molecule has 1 aromatic carbocycles. The summed E-state index contributed by atoms with van der Waals surface area (Å²) in [5.41, 5.74) is 2.75. The highest BCUT2D eigenvalue weighted by Crippen LogP contribution is 2.19. The molecule has 0 spiro atoms. The Morgan fingerprint density at radius 1 is 1.40 bits per heavy atom. The number of hydrogen-bond acceptors (Lipinski definition) is 4.